The topological polar surface area (TPSA) is 16.4 Å². The minimum absolute atomic E-state index is 0.879. The van der Waals surface area contributed by atoms with E-state index in [-0.39, 0.29) is 0 Å². The van der Waals surface area contributed by atoms with Gasteiger partial charge in [-0.3, -0.25) is 0 Å². The van der Waals surface area contributed by atoms with Crippen molar-refractivity contribution in [2.24, 2.45) is 0 Å². The average molecular weight is 512 g/mol. The van der Waals surface area contributed by atoms with Crippen LogP contribution in [-0.2, 0) is 0 Å². The summed E-state index contributed by atoms with van der Waals surface area (Å²) in [6.45, 7) is 0. The predicted octanol–water partition coefficient (Wildman–Crippen LogP) is 11.0. The van der Waals surface area contributed by atoms with E-state index < -0.39 is 0 Å². The van der Waals surface area contributed by atoms with Crippen LogP contribution in [0.15, 0.2) is 156 Å². The molecule has 40 heavy (non-hydrogen) atoms. The number of anilines is 3. The second-order valence-corrected chi connectivity index (χ2v) is 10.2. The maximum atomic E-state index is 6.63. The molecule has 0 spiro atoms. The zero-order chi connectivity index (χ0) is 26.5. The third-order valence-corrected chi connectivity index (χ3v) is 7.81. The highest BCUT2D eigenvalue weighted by molar-refractivity contribution is 6.22. The summed E-state index contributed by atoms with van der Waals surface area (Å²) in [7, 11) is 0. The monoisotopic (exact) mass is 511 g/mol. The molecule has 8 aromatic rings. The summed E-state index contributed by atoms with van der Waals surface area (Å²) in [5.74, 6) is 0. The molecule has 2 nitrogen and oxygen atoms in total. The normalized spacial score (nSPS) is 11.5. The quantitative estimate of drug-likeness (QED) is 0.234. The van der Waals surface area contributed by atoms with E-state index in [1.54, 1.807) is 0 Å². The Balaban J connectivity index is 1.36. The van der Waals surface area contributed by atoms with Crippen LogP contribution < -0.4 is 4.90 Å². The Kier molecular flexibility index (Phi) is 5.17. The molecule has 0 saturated carbocycles. The van der Waals surface area contributed by atoms with Crippen LogP contribution in [0.25, 0.3) is 54.6 Å². The number of fused-ring (bicyclic) bond motifs is 6. The van der Waals surface area contributed by atoms with Crippen molar-refractivity contribution >= 4 is 60.5 Å². The van der Waals surface area contributed by atoms with Crippen LogP contribution in [-0.4, -0.2) is 0 Å². The molecule has 188 valence electrons. The molecule has 0 aliphatic carbocycles. The van der Waals surface area contributed by atoms with Gasteiger partial charge in [0.15, 0.2) is 0 Å². The minimum atomic E-state index is 0.879. The van der Waals surface area contributed by atoms with Crippen LogP contribution in [0.5, 0.6) is 0 Å². The van der Waals surface area contributed by atoms with Crippen molar-refractivity contribution in [3.8, 4) is 11.1 Å². The highest BCUT2D eigenvalue weighted by Crippen LogP contribution is 2.43. The molecule has 0 amide bonds. The van der Waals surface area contributed by atoms with E-state index in [1.165, 1.54) is 32.7 Å². The van der Waals surface area contributed by atoms with Crippen LogP contribution in [0.2, 0.25) is 0 Å². The Bertz CT molecular complexity index is 2160. The molecule has 8 rings (SSSR count). The molecule has 0 fully saturated rings. The number of furan rings is 1. The lowest BCUT2D eigenvalue weighted by Crippen LogP contribution is -2.09. The molecule has 1 heterocycles. The number of hydrogen-bond donors (Lipinski definition) is 0. The Morgan fingerprint density at radius 3 is 1.88 bits per heavy atom. The molecule has 2 heteroatoms. The third kappa shape index (κ3) is 3.65. The van der Waals surface area contributed by atoms with Gasteiger partial charge in [0, 0.05) is 33.9 Å². The van der Waals surface area contributed by atoms with Crippen molar-refractivity contribution in [2.75, 3.05) is 4.90 Å². The molecule has 0 radical (unpaired) electrons. The molecule has 7 aromatic carbocycles. The van der Waals surface area contributed by atoms with Crippen LogP contribution in [0.3, 0.4) is 0 Å². The summed E-state index contributed by atoms with van der Waals surface area (Å²) >= 11 is 0. The van der Waals surface area contributed by atoms with Gasteiger partial charge in [-0.15, -0.1) is 0 Å². The molecule has 0 atom stereocenters. The minimum Gasteiger partial charge on any atom is -0.456 e. The second kappa shape index (κ2) is 9.14. The van der Waals surface area contributed by atoms with Gasteiger partial charge >= 0.3 is 0 Å². The van der Waals surface area contributed by atoms with Crippen LogP contribution in [0.1, 0.15) is 0 Å². The highest BCUT2D eigenvalue weighted by Gasteiger charge is 2.18. The summed E-state index contributed by atoms with van der Waals surface area (Å²) in [5, 5.41) is 7.17. The molecular weight excluding hydrogens is 486 g/mol. The first-order valence-electron chi connectivity index (χ1n) is 13.6. The average Bonchev–Trinajstić information content (AvgIpc) is 3.40. The van der Waals surface area contributed by atoms with Gasteiger partial charge in [-0.2, -0.15) is 0 Å². The largest absolute Gasteiger partial charge is 0.456 e. The summed E-state index contributed by atoms with van der Waals surface area (Å²) in [6, 6.07) is 53.6. The fraction of sp³-hybridized carbons (Fsp3) is 0. The molecule has 1 aromatic heterocycles. The van der Waals surface area contributed by atoms with Gasteiger partial charge in [0.05, 0.1) is 0 Å². The number of rotatable bonds is 4. The molecule has 0 N–H and O–H groups in total. The van der Waals surface area contributed by atoms with Crippen molar-refractivity contribution in [1.82, 2.24) is 0 Å². The lowest BCUT2D eigenvalue weighted by atomic mass is 9.95. The number of benzene rings is 7. The predicted molar refractivity (Wildman–Crippen MR) is 169 cm³/mol. The molecule has 0 aliphatic rings. The van der Waals surface area contributed by atoms with Gasteiger partial charge in [0.25, 0.3) is 0 Å². The summed E-state index contributed by atoms with van der Waals surface area (Å²) in [4.78, 5) is 2.30. The zero-order valence-corrected chi connectivity index (χ0v) is 21.8. The highest BCUT2D eigenvalue weighted by atomic mass is 16.3. The van der Waals surface area contributed by atoms with Crippen LogP contribution >= 0.6 is 0 Å². The van der Waals surface area contributed by atoms with Crippen LogP contribution in [0.4, 0.5) is 17.1 Å². The van der Waals surface area contributed by atoms with Crippen molar-refractivity contribution in [3.63, 3.8) is 0 Å². The SMILES string of the molecule is c1ccc(-c2cc3oc4cc(N(c5ccccc5)c5ccc6ccccc6c5)ccc4c3c3ccccc23)cc1. The fourth-order valence-electron chi connectivity index (χ4n) is 5.96. The summed E-state index contributed by atoms with van der Waals surface area (Å²) < 4.78 is 6.63. The van der Waals surface area contributed by atoms with E-state index in [2.05, 4.69) is 157 Å². The number of hydrogen-bond acceptors (Lipinski definition) is 2. The van der Waals surface area contributed by atoms with Gasteiger partial charge in [-0.25, -0.2) is 0 Å². The zero-order valence-electron chi connectivity index (χ0n) is 21.8. The first-order valence-corrected chi connectivity index (χ1v) is 13.6. The third-order valence-electron chi connectivity index (χ3n) is 7.81. The van der Waals surface area contributed by atoms with Crippen LogP contribution in [0, 0.1) is 0 Å². The molecule has 0 aliphatic heterocycles. The smallest absolute Gasteiger partial charge is 0.137 e. The Morgan fingerprint density at radius 2 is 1.05 bits per heavy atom. The van der Waals surface area contributed by atoms with Gasteiger partial charge in [0.2, 0.25) is 0 Å². The lowest BCUT2D eigenvalue weighted by Gasteiger charge is -2.25. The molecule has 0 saturated heterocycles. The van der Waals surface area contributed by atoms with E-state index in [1.807, 2.05) is 0 Å². The van der Waals surface area contributed by atoms with Crippen molar-refractivity contribution in [1.29, 1.82) is 0 Å². The fourth-order valence-corrected chi connectivity index (χ4v) is 5.96. The standard InChI is InChI=1S/C38H25NO/c1-3-12-27(13-4-1)35-25-37-38(33-18-10-9-17-32(33)35)34-22-21-31(24-36(34)40-37)39(29-15-5-2-6-16-29)30-20-19-26-11-7-8-14-28(26)23-30/h1-25H. The number of nitrogens with zero attached hydrogens (tertiary/aromatic N) is 1. The van der Waals surface area contributed by atoms with Gasteiger partial charge in [-0.1, -0.05) is 103 Å². The van der Waals surface area contributed by atoms with Crippen molar-refractivity contribution in [3.05, 3.63) is 152 Å². The second-order valence-electron chi connectivity index (χ2n) is 10.2. The molecule has 0 bridgehead atoms. The molecular formula is C38H25NO. The maximum Gasteiger partial charge on any atom is 0.137 e. The Labute approximate surface area is 232 Å². The van der Waals surface area contributed by atoms with E-state index in [0.717, 1.165) is 39.0 Å². The van der Waals surface area contributed by atoms with Gasteiger partial charge < -0.3 is 9.32 Å². The Morgan fingerprint density at radius 1 is 0.400 bits per heavy atom. The first-order chi connectivity index (χ1) is 19.8. The van der Waals surface area contributed by atoms with Gasteiger partial charge in [0.1, 0.15) is 11.2 Å². The van der Waals surface area contributed by atoms with E-state index in [9.17, 15) is 0 Å². The van der Waals surface area contributed by atoms with E-state index in [4.69, 9.17) is 4.42 Å². The maximum absolute atomic E-state index is 6.63. The lowest BCUT2D eigenvalue weighted by molar-refractivity contribution is 0.669. The summed E-state index contributed by atoms with van der Waals surface area (Å²) in [6.07, 6.45) is 0. The number of para-hydroxylation sites is 1. The van der Waals surface area contributed by atoms with Gasteiger partial charge in [-0.05, 0) is 75.1 Å². The van der Waals surface area contributed by atoms with Crippen molar-refractivity contribution < 1.29 is 4.42 Å². The van der Waals surface area contributed by atoms with E-state index in [0.29, 0.717) is 0 Å². The van der Waals surface area contributed by atoms with E-state index >= 15 is 0 Å². The first kappa shape index (κ1) is 22.6. The Hall–Kier alpha value is -5.34. The summed E-state index contributed by atoms with van der Waals surface area (Å²) in [5.41, 5.74) is 7.42. The molecule has 0 unspecified atom stereocenters. The van der Waals surface area contributed by atoms with Crippen molar-refractivity contribution in [2.45, 2.75) is 0 Å².